The highest BCUT2D eigenvalue weighted by Crippen LogP contribution is 2.31. The number of piperazine rings is 1. The number of likely N-dealkylation sites (tertiary alicyclic amines) is 2. The fourth-order valence-electron chi connectivity index (χ4n) is 2.48. The van der Waals surface area contributed by atoms with Gasteiger partial charge in [-0.15, -0.1) is 0 Å². The lowest BCUT2D eigenvalue weighted by Crippen LogP contribution is -2.52. The summed E-state index contributed by atoms with van der Waals surface area (Å²) < 4.78 is 5.37. The molecular formula is C11H19N3O2S. The SMILES string of the molecule is CC(C)(C)OC(=O)N1CC2CC1CN2C(N)=S. The van der Waals surface area contributed by atoms with Gasteiger partial charge in [-0.25, -0.2) is 4.79 Å². The number of hydrogen-bond donors (Lipinski definition) is 1. The highest BCUT2D eigenvalue weighted by Gasteiger charge is 2.46. The van der Waals surface area contributed by atoms with Crippen LogP contribution < -0.4 is 5.73 Å². The molecule has 2 aliphatic heterocycles. The van der Waals surface area contributed by atoms with Gasteiger partial charge in [-0.05, 0) is 39.4 Å². The minimum atomic E-state index is -0.443. The van der Waals surface area contributed by atoms with Gasteiger partial charge in [0.2, 0.25) is 0 Å². The minimum absolute atomic E-state index is 0.191. The number of nitrogens with two attached hydrogens (primary N) is 1. The van der Waals surface area contributed by atoms with Crippen LogP contribution in [0.2, 0.25) is 0 Å². The Morgan fingerprint density at radius 2 is 1.82 bits per heavy atom. The van der Waals surface area contributed by atoms with Gasteiger partial charge >= 0.3 is 6.09 Å². The third kappa shape index (κ3) is 2.46. The van der Waals surface area contributed by atoms with E-state index < -0.39 is 5.60 Å². The van der Waals surface area contributed by atoms with Crippen molar-refractivity contribution < 1.29 is 9.53 Å². The molecule has 2 bridgehead atoms. The van der Waals surface area contributed by atoms with E-state index in [0.717, 1.165) is 13.0 Å². The first kappa shape index (κ1) is 12.4. The molecule has 2 atom stereocenters. The molecule has 0 aromatic heterocycles. The zero-order valence-electron chi connectivity index (χ0n) is 10.5. The summed E-state index contributed by atoms with van der Waals surface area (Å²) >= 11 is 4.98. The van der Waals surface area contributed by atoms with Crippen LogP contribution in [0.25, 0.3) is 0 Å². The van der Waals surface area contributed by atoms with Crippen molar-refractivity contribution in [3.63, 3.8) is 0 Å². The van der Waals surface area contributed by atoms with Gasteiger partial charge in [0.05, 0.1) is 12.1 Å². The first-order valence-electron chi connectivity index (χ1n) is 5.83. The summed E-state index contributed by atoms with van der Waals surface area (Å²) in [5.41, 5.74) is 5.19. The summed E-state index contributed by atoms with van der Waals surface area (Å²) in [6, 6.07) is 0.460. The Balaban J connectivity index is 1.96. The number of amides is 1. The van der Waals surface area contributed by atoms with Crippen molar-refractivity contribution in [3.8, 4) is 0 Å². The number of nitrogens with zero attached hydrogens (tertiary/aromatic N) is 2. The number of carbonyl (C=O) groups is 1. The molecule has 0 aromatic rings. The van der Waals surface area contributed by atoms with E-state index in [4.69, 9.17) is 22.7 Å². The molecule has 0 saturated carbocycles. The van der Waals surface area contributed by atoms with Gasteiger partial charge in [0, 0.05) is 13.1 Å². The van der Waals surface area contributed by atoms with Crippen molar-refractivity contribution in [2.45, 2.75) is 44.9 Å². The van der Waals surface area contributed by atoms with E-state index in [1.54, 1.807) is 4.90 Å². The predicted molar refractivity (Wildman–Crippen MR) is 68.6 cm³/mol. The minimum Gasteiger partial charge on any atom is -0.444 e. The zero-order valence-corrected chi connectivity index (χ0v) is 11.3. The summed E-state index contributed by atoms with van der Waals surface area (Å²) in [6.07, 6.45) is 0.712. The average Bonchev–Trinajstić information content (AvgIpc) is 2.72. The first-order valence-corrected chi connectivity index (χ1v) is 6.24. The van der Waals surface area contributed by atoms with E-state index >= 15 is 0 Å². The molecule has 0 aromatic carbocycles. The number of fused-ring (bicyclic) bond motifs is 2. The number of hydrogen-bond acceptors (Lipinski definition) is 3. The molecule has 2 unspecified atom stereocenters. The van der Waals surface area contributed by atoms with Gasteiger partial charge < -0.3 is 20.3 Å². The van der Waals surface area contributed by atoms with Gasteiger partial charge in [-0.2, -0.15) is 0 Å². The summed E-state index contributed by atoms with van der Waals surface area (Å²) in [4.78, 5) is 15.7. The zero-order chi connectivity index (χ0) is 12.8. The predicted octanol–water partition coefficient (Wildman–Crippen LogP) is 0.924. The average molecular weight is 257 g/mol. The Morgan fingerprint density at radius 1 is 1.29 bits per heavy atom. The lowest BCUT2D eigenvalue weighted by molar-refractivity contribution is 0.0168. The van der Waals surface area contributed by atoms with Crippen LogP contribution in [0.3, 0.4) is 0 Å². The van der Waals surface area contributed by atoms with Crippen LogP contribution in [0.15, 0.2) is 0 Å². The molecule has 2 saturated heterocycles. The fraction of sp³-hybridized carbons (Fsp3) is 0.818. The van der Waals surface area contributed by atoms with Gasteiger partial charge in [0.15, 0.2) is 5.11 Å². The van der Waals surface area contributed by atoms with Crippen molar-refractivity contribution in [2.75, 3.05) is 13.1 Å². The Bertz CT molecular complexity index is 353. The molecule has 2 aliphatic rings. The van der Waals surface area contributed by atoms with E-state index in [-0.39, 0.29) is 18.2 Å². The molecule has 2 N–H and O–H groups in total. The second kappa shape index (κ2) is 4.01. The molecular weight excluding hydrogens is 238 g/mol. The van der Waals surface area contributed by atoms with Crippen LogP contribution in [0, 0.1) is 0 Å². The van der Waals surface area contributed by atoms with Crippen molar-refractivity contribution in [1.82, 2.24) is 9.80 Å². The van der Waals surface area contributed by atoms with E-state index in [1.165, 1.54) is 0 Å². The molecule has 0 aliphatic carbocycles. The van der Waals surface area contributed by atoms with Crippen LogP contribution in [0.5, 0.6) is 0 Å². The Morgan fingerprint density at radius 3 is 2.24 bits per heavy atom. The van der Waals surface area contributed by atoms with Crippen LogP contribution in [0.4, 0.5) is 4.79 Å². The van der Waals surface area contributed by atoms with Gasteiger partial charge in [0.25, 0.3) is 0 Å². The molecule has 2 rings (SSSR count). The highest BCUT2D eigenvalue weighted by atomic mass is 32.1. The largest absolute Gasteiger partial charge is 0.444 e. The molecule has 0 spiro atoms. The molecule has 2 heterocycles. The lowest BCUT2D eigenvalue weighted by atomic mass is 10.2. The third-order valence-electron chi connectivity index (χ3n) is 3.15. The summed E-state index contributed by atoms with van der Waals surface area (Å²) in [6.45, 7) is 7.03. The Hall–Kier alpha value is -1.04. The maximum absolute atomic E-state index is 11.9. The topological polar surface area (TPSA) is 58.8 Å². The molecule has 2 fully saturated rings. The molecule has 6 heteroatoms. The first-order chi connectivity index (χ1) is 7.78. The second-order valence-corrected chi connectivity index (χ2v) is 6.08. The molecule has 96 valence electrons. The van der Waals surface area contributed by atoms with E-state index in [0.29, 0.717) is 11.7 Å². The van der Waals surface area contributed by atoms with Crippen molar-refractivity contribution in [1.29, 1.82) is 0 Å². The molecule has 0 radical (unpaired) electrons. The number of rotatable bonds is 0. The van der Waals surface area contributed by atoms with Crippen LogP contribution in [-0.4, -0.2) is 51.8 Å². The lowest BCUT2D eigenvalue weighted by Gasteiger charge is -2.35. The van der Waals surface area contributed by atoms with E-state index in [1.807, 2.05) is 25.7 Å². The van der Waals surface area contributed by atoms with Crippen molar-refractivity contribution in [2.24, 2.45) is 5.73 Å². The maximum atomic E-state index is 11.9. The standard InChI is InChI=1S/C11H19N3O2S/c1-11(2,3)16-10(15)14-6-7-4-8(14)5-13(7)9(12)17/h7-8H,4-6H2,1-3H3,(H2,12,17). The summed E-state index contributed by atoms with van der Waals surface area (Å²) in [5.74, 6) is 0. The van der Waals surface area contributed by atoms with Crippen LogP contribution in [-0.2, 0) is 4.74 Å². The molecule has 5 nitrogen and oxygen atoms in total. The van der Waals surface area contributed by atoms with Gasteiger partial charge in [-0.1, -0.05) is 0 Å². The smallest absolute Gasteiger partial charge is 0.410 e. The third-order valence-corrected chi connectivity index (χ3v) is 3.39. The van der Waals surface area contributed by atoms with E-state index in [2.05, 4.69) is 0 Å². The highest BCUT2D eigenvalue weighted by molar-refractivity contribution is 7.80. The van der Waals surface area contributed by atoms with Gasteiger partial charge in [0.1, 0.15) is 5.60 Å². The summed E-state index contributed by atoms with van der Waals surface area (Å²) in [5, 5.41) is 0.432. The fourth-order valence-corrected chi connectivity index (χ4v) is 2.70. The Kier molecular flexibility index (Phi) is 2.93. The quantitative estimate of drug-likeness (QED) is 0.654. The molecule has 17 heavy (non-hydrogen) atoms. The second-order valence-electron chi connectivity index (χ2n) is 5.67. The van der Waals surface area contributed by atoms with Crippen molar-refractivity contribution in [3.05, 3.63) is 0 Å². The number of carbonyl (C=O) groups excluding carboxylic acids is 1. The van der Waals surface area contributed by atoms with Gasteiger partial charge in [-0.3, -0.25) is 0 Å². The number of thiocarbonyl (C=S) groups is 1. The maximum Gasteiger partial charge on any atom is 0.410 e. The molecule has 1 amide bonds. The van der Waals surface area contributed by atoms with Crippen molar-refractivity contribution >= 4 is 23.4 Å². The Labute approximate surface area is 107 Å². The summed E-state index contributed by atoms with van der Waals surface area (Å²) in [7, 11) is 0. The monoisotopic (exact) mass is 257 g/mol. The van der Waals surface area contributed by atoms with E-state index in [9.17, 15) is 4.79 Å². The number of ether oxygens (including phenoxy) is 1. The van der Waals surface area contributed by atoms with Crippen LogP contribution in [0.1, 0.15) is 27.2 Å². The van der Waals surface area contributed by atoms with Crippen LogP contribution >= 0.6 is 12.2 Å². The normalized spacial score (nSPS) is 27.5.